The van der Waals surface area contributed by atoms with Crippen LogP contribution in [-0.2, 0) is 16.6 Å². The van der Waals surface area contributed by atoms with Crippen molar-refractivity contribution in [2.24, 2.45) is 10.9 Å². The maximum atomic E-state index is 12.7. The van der Waals surface area contributed by atoms with E-state index < -0.39 is 15.5 Å². The van der Waals surface area contributed by atoms with Gasteiger partial charge < -0.3 is 10.6 Å². The van der Waals surface area contributed by atoms with Gasteiger partial charge in [-0.25, -0.2) is 8.42 Å². The highest BCUT2D eigenvalue weighted by Crippen LogP contribution is 2.30. The largest absolute Gasteiger partial charge is 0.511 e. The van der Waals surface area contributed by atoms with Gasteiger partial charge in [-0.15, -0.1) is 0 Å². The van der Waals surface area contributed by atoms with Crippen LogP contribution in [0.2, 0.25) is 0 Å². The van der Waals surface area contributed by atoms with Gasteiger partial charge in [0, 0.05) is 33.2 Å². The minimum atomic E-state index is -5.24. The molecule has 0 unspecified atom stereocenters. The van der Waals surface area contributed by atoms with E-state index in [0.29, 0.717) is 36.2 Å². The number of alkyl halides is 3. The van der Waals surface area contributed by atoms with Crippen molar-refractivity contribution in [1.29, 1.82) is 0 Å². The molecule has 1 aliphatic heterocycles. The summed E-state index contributed by atoms with van der Waals surface area (Å²) in [6.45, 7) is 0.832. The van der Waals surface area contributed by atoms with Crippen molar-refractivity contribution in [3.8, 4) is 0 Å². The van der Waals surface area contributed by atoms with Gasteiger partial charge in [0.05, 0.1) is 0 Å². The summed E-state index contributed by atoms with van der Waals surface area (Å²) in [6.07, 6.45) is 0.730. The Morgan fingerprint density at radius 2 is 1.77 bits per heavy atom. The van der Waals surface area contributed by atoms with Gasteiger partial charge in [-0.3, -0.25) is 4.99 Å². The van der Waals surface area contributed by atoms with Crippen LogP contribution < -0.4 is 10.6 Å². The molecule has 0 amide bonds. The molecule has 0 radical (unpaired) electrons. The van der Waals surface area contributed by atoms with E-state index in [2.05, 4.69) is 39.9 Å². The molecule has 0 bridgehead atoms. The van der Waals surface area contributed by atoms with E-state index in [4.69, 9.17) is 0 Å². The van der Waals surface area contributed by atoms with E-state index >= 15 is 0 Å². The average Bonchev–Trinajstić information content (AvgIpc) is 2.73. The predicted octanol–water partition coefficient (Wildman–Crippen LogP) is 3.07. The number of guanidine groups is 1. The van der Waals surface area contributed by atoms with Crippen molar-refractivity contribution in [3.63, 3.8) is 0 Å². The highest BCUT2D eigenvalue weighted by Gasteiger charge is 2.50. The van der Waals surface area contributed by atoms with Gasteiger partial charge in [0.25, 0.3) is 0 Å². The maximum Gasteiger partial charge on any atom is 0.511 e. The third-order valence-corrected chi connectivity index (χ3v) is 6.89. The number of piperidine rings is 1. The zero-order valence-corrected chi connectivity index (χ0v) is 17.4. The Hall–Kier alpha value is -2.33. The molecule has 2 aromatic rings. The first kappa shape index (κ1) is 22.4. The van der Waals surface area contributed by atoms with Crippen molar-refractivity contribution < 1.29 is 21.6 Å². The molecular formula is C20H25F3N4O2S. The van der Waals surface area contributed by atoms with Crippen LogP contribution in [0, 0.1) is 5.92 Å². The Kier molecular flexibility index (Phi) is 6.87. The quantitative estimate of drug-likeness (QED) is 0.552. The van der Waals surface area contributed by atoms with Crippen LogP contribution in [0.4, 0.5) is 13.2 Å². The van der Waals surface area contributed by atoms with E-state index in [0.717, 1.165) is 10.9 Å². The first-order chi connectivity index (χ1) is 14.2. The molecule has 0 saturated carbocycles. The molecule has 1 fully saturated rings. The highest BCUT2D eigenvalue weighted by molar-refractivity contribution is 7.90. The number of nitrogens with zero attached hydrogens (tertiary/aromatic N) is 2. The van der Waals surface area contributed by atoms with Gasteiger partial charge in [-0.2, -0.15) is 17.5 Å². The smallest absolute Gasteiger partial charge is 0.356 e. The lowest BCUT2D eigenvalue weighted by molar-refractivity contribution is -0.0496. The molecule has 0 aliphatic carbocycles. The van der Waals surface area contributed by atoms with Crippen LogP contribution in [-0.4, -0.2) is 50.9 Å². The van der Waals surface area contributed by atoms with Gasteiger partial charge in [0.1, 0.15) is 0 Å². The van der Waals surface area contributed by atoms with Gasteiger partial charge in [-0.1, -0.05) is 36.4 Å². The number of aliphatic imine (C=N–C) groups is 1. The number of fused-ring (bicyclic) bond motifs is 1. The second-order valence-electron chi connectivity index (χ2n) is 7.28. The summed E-state index contributed by atoms with van der Waals surface area (Å²) in [5.41, 5.74) is -4.14. The first-order valence-corrected chi connectivity index (χ1v) is 11.1. The Balaban J connectivity index is 1.47. The fraction of sp³-hybridized carbons (Fsp3) is 0.450. The molecule has 2 N–H and O–H groups in total. The molecule has 10 heteroatoms. The summed E-state index contributed by atoms with van der Waals surface area (Å²) in [6, 6.07) is 14.3. The monoisotopic (exact) mass is 442 g/mol. The van der Waals surface area contributed by atoms with Crippen LogP contribution in [0.3, 0.4) is 0 Å². The minimum absolute atomic E-state index is 0.0731. The average molecular weight is 443 g/mol. The molecule has 6 nitrogen and oxygen atoms in total. The van der Waals surface area contributed by atoms with Crippen LogP contribution in [0.15, 0.2) is 47.5 Å². The molecule has 30 heavy (non-hydrogen) atoms. The Labute approximate surface area is 174 Å². The van der Waals surface area contributed by atoms with Crippen molar-refractivity contribution in [3.05, 3.63) is 48.0 Å². The number of hydrogen-bond acceptors (Lipinski definition) is 3. The second kappa shape index (κ2) is 9.22. The van der Waals surface area contributed by atoms with Gasteiger partial charge in [0.2, 0.25) is 0 Å². The fourth-order valence-electron chi connectivity index (χ4n) is 3.50. The zero-order chi connectivity index (χ0) is 21.8. The minimum Gasteiger partial charge on any atom is -0.356 e. The topological polar surface area (TPSA) is 73.8 Å². The molecule has 1 heterocycles. The lowest BCUT2D eigenvalue weighted by atomic mass is 9.98. The Morgan fingerprint density at radius 1 is 1.10 bits per heavy atom. The Morgan fingerprint density at radius 3 is 2.40 bits per heavy atom. The summed E-state index contributed by atoms with van der Waals surface area (Å²) in [7, 11) is -3.59. The number of sulfonamides is 1. The molecule has 3 rings (SSSR count). The lowest BCUT2D eigenvalue weighted by Crippen LogP contribution is -2.47. The highest BCUT2D eigenvalue weighted by atomic mass is 32.2. The van der Waals surface area contributed by atoms with Crippen molar-refractivity contribution in [2.45, 2.75) is 24.9 Å². The maximum absolute atomic E-state index is 12.7. The normalized spacial score (nSPS) is 17.3. The third-order valence-electron chi connectivity index (χ3n) is 5.26. The third kappa shape index (κ3) is 5.23. The number of hydrogen-bond donors (Lipinski definition) is 2. The molecule has 1 aliphatic rings. The number of rotatable bonds is 5. The van der Waals surface area contributed by atoms with E-state index in [1.165, 1.54) is 5.39 Å². The number of benzene rings is 2. The van der Waals surface area contributed by atoms with Crippen LogP contribution in [0.1, 0.15) is 18.4 Å². The fourth-order valence-corrected chi connectivity index (χ4v) is 4.48. The lowest BCUT2D eigenvalue weighted by Gasteiger charge is -2.31. The van der Waals surface area contributed by atoms with Crippen molar-refractivity contribution >= 4 is 26.8 Å². The first-order valence-electron chi connectivity index (χ1n) is 9.69. The summed E-state index contributed by atoms with van der Waals surface area (Å²) < 4.78 is 61.5. The molecule has 0 spiro atoms. The standard InChI is InChI=1S/C20H25F3N4O2S/c1-24-19(26-14-16-6-7-17-4-2-3-5-18(17)12-16)25-13-15-8-10-27(11-9-15)30(28,29)20(21,22)23/h2-7,12,15H,8-11,13-14H2,1H3,(H2,24,25,26). The van der Waals surface area contributed by atoms with Crippen molar-refractivity contribution in [2.75, 3.05) is 26.7 Å². The zero-order valence-electron chi connectivity index (χ0n) is 16.6. The van der Waals surface area contributed by atoms with Crippen LogP contribution in [0.5, 0.6) is 0 Å². The van der Waals surface area contributed by atoms with Gasteiger partial charge in [0.15, 0.2) is 5.96 Å². The molecule has 0 atom stereocenters. The van der Waals surface area contributed by atoms with Crippen molar-refractivity contribution in [1.82, 2.24) is 14.9 Å². The summed E-state index contributed by atoms with van der Waals surface area (Å²) in [5, 5.41) is 8.73. The van der Waals surface area contributed by atoms with E-state index in [9.17, 15) is 21.6 Å². The van der Waals surface area contributed by atoms with E-state index in [-0.39, 0.29) is 19.0 Å². The number of nitrogens with one attached hydrogen (secondary N) is 2. The van der Waals surface area contributed by atoms with Gasteiger partial charge in [-0.05, 0) is 41.2 Å². The number of halogens is 3. The molecule has 1 saturated heterocycles. The van der Waals surface area contributed by atoms with Gasteiger partial charge >= 0.3 is 15.5 Å². The molecule has 2 aromatic carbocycles. The SMILES string of the molecule is CN=C(NCc1ccc2ccccc2c1)NCC1CCN(S(=O)(=O)C(F)(F)F)CC1. The molecule has 164 valence electrons. The summed E-state index contributed by atoms with van der Waals surface area (Å²) in [4.78, 5) is 4.18. The predicted molar refractivity (Wildman–Crippen MR) is 111 cm³/mol. The van der Waals surface area contributed by atoms with Crippen LogP contribution in [0.25, 0.3) is 10.8 Å². The summed E-state index contributed by atoms with van der Waals surface area (Å²) in [5.74, 6) is 0.664. The Bertz CT molecular complexity index is 1000. The molecular weight excluding hydrogens is 417 g/mol. The van der Waals surface area contributed by atoms with E-state index in [1.54, 1.807) is 7.05 Å². The van der Waals surface area contributed by atoms with E-state index in [1.807, 2.05) is 18.2 Å². The van der Waals surface area contributed by atoms with Crippen LogP contribution >= 0.6 is 0 Å². The summed E-state index contributed by atoms with van der Waals surface area (Å²) >= 11 is 0. The second-order valence-corrected chi connectivity index (χ2v) is 9.21. The molecule has 0 aromatic heterocycles.